The molecule has 2 N–H and O–H groups in total. The van der Waals surface area contributed by atoms with Gasteiger partial charge in [0.05, 0.1) is 6.10 Å². The molecule has 13 heavy (non-hydrogen) atoms. The standard InChI is InChI=1S/C11H15NO/c1-8(13)10-6-2-4-9-5-3-7-12-11(9)10/h2,4,6,8,12-13H,3,5,7H2,1H3/t8-/m1/s1. The Balaban J connectivity index is 2.46. The minimum Gasteiger partial charge on any atom is -0.389 e. The van der Waals surface area contributed by atoms with Gasteiger partial charge in [0, 0.05) is 17.8 Å². The molecule has 1 aromatic rings. The van der Waals surface area contributed by atoms with Crippen molar-refractivity contribution in [3.8, 4) is 0 Å². The van der Waals surface area contributed by atoms with Gasteiger partial charge in [0.1, 0.15) is 0 Å². The van der Waals surface area contributed by atoms with Crippen molar-refractivity contribution in [2.24, 2.45) is 0 Å². The molecule has 0 aromatic heterocycles. The maximum absolute atomic E-state index is 9.54. The van der Waals surface area contributed by atoms with E-state index in [4.69, 9.17) is 0 Å². The number of anilines is 1. The number of fused-ring (bicyclic) bond motifs is 1. The first-order valence-electron chi connectivity index (χ1n) is 4.83. The number of para-hydroxylation sites is 1. The molecule has 0 amide bonds. The lowest BCUT2D eigenvalue weighted by molar-refractivity contribution is 0.200. The van der Waals surface area contributed by atoms with Crippen LogP contribution in [0.25, 0.3) is 0 Å². The van der Waals surface area contributed by atoms with Gasteiger partial charge in [-0.15, -0.1) is 0 Å². The van der Waals surface area contributed by atoms with Crippen LogP contribution in [0.2, 0.25) is 0 Å². The van der Waals surface area contributed by atoms with Crippen molar-refractivity contribution in [2.75, 3.05) is 11.9 Å². The van der Waals surface area contributed by atoms with E-state index in [2.05, 4.69) is 11.4 Å². The summed E-state index contributed by atoms with van der Waals surface area (Å²) in [4.78, 5) is 0. The van der Waals surface area contributed by atoms with Crippen LogP contribution in [0, 0.1) is 0 Å². The zero-order valence-electron chi connectivity index (χ0n) is 7.88. The molecule has 1 aliphatic rings. The highest BCUT2D eigenvalue weighted by Crippen LogP contribution is 2.29. The molecule has 2 rings (SSSR count). The van der Waals surface area contributed by atoms with E-state index >= 15 is 0 Å². The van der Waals surface area contributed by atoms with Crippen molar-refractivity contribution in [2.45, 2.75) is 25.9 Å². The third-order valence-electron chi connectivity index (χ3n) is 2.56. The number of aliphatic hydroxyl groups is 1. The number of aliphatic hydroxyl groups excluding tert-OH is 1. The quantitative estimate of drug-likeness (QED) is 0.688. The summed E-state index contributed by atoms with van der Waals surface area (Å²) < 4.78 is 0. The Bertz CT molecular complexity index is 307. The maximum Gasteiger partial charge on any atom is 0.0782 e. The zero-order chi connectivity index (χ0) is 9.26. The molecule has 0 fully saturated rings. The summed E-state index contributed by atoms with van der Waals surface area (Å²) in [6.07, 6.45) is 1.94. The molecule has 0 saturated heterocycles. The summed E-state index contributed by atoms with van der Waals surface area (Å²) in [5, 5.41) is 12.9. The van der Waals surface area contributed by atoms with Gasteiger partial charge in [0.2, 0.25) is 0 Å². The number of benzene rings is 1. The van der Waals surface area contributed by atoms with E-state index in [1.165, 1.54) is 12.0 Å². The highest BCUT2D eigenvalue weighted by atomic mass is 16.3. The molecule has 70 valence electrons. The average Bonchev–Trinajstić information content (AvgIpc) is 2.17. The van der Waals surface area contributed by atoms with Crippen LogP contribution in [0.4, 0.5) is 5.69 Å². The molecule has 0 saturated carbocycles. The lowest BCUT2D eigenvalue weighted by Gasteiger charge is -2.22. The monoisotopic (exact) mass is 177 g/mol. The highest BCUT2D eigenvalue weighted by molar-refractivity contribution is 5.59. The Hall–Kier alpha value is -1.02. The molecule has 0 unspecified atom stereocenters. The second-order valence-electron chi connectivity index (χ2n) is 3.59. The molecular weight excluding hydrogens is 162 g/mol. The summed E-state index contributed by atoms with van der Waals surface area (Å²) in [5.74, 6) is 0. The fourth-order valence-corrected chi connectivity index (χ4v) is 1.88. The Morgan fingerprint density at radius 3 is 3.08 bits per heavy atom. The first-order chi connectivity index (χ1) is 6.29. The fourth-order valence-electron chi connectivity index (χ4n) is 1.88. The van der Waals surface area contributed by atoms with E-state index in [-0.39, 0.29) is 6.10 Å². The van der Waals surface area contributed by atoms with Gasteiger partial charge in [0.25, 0.3) is 0 Å². The fraction of sp³-hybridized carbons (Fsp3) is 0.455. The van der Waals surface area contributed by atoms with Gasteiger partial charge in [-0.05, 0) is 25.3 Å². The Morgan fingerprint density at radius 2 is 2.31 bits per heavy atom. The van der Waals surface area contributed by atoms with Crippen LogP contribution in [0.15, 0.2) is 18.2 Å². The molecule has 1 aromatic carbocycles. The number of aryl methyl sites for hydroxylation is 1. The number of rotatable bonds is 1. The third-order valence-corrected chi connectivity index (χ3v) is 2.56. The second-order valence-corrected chi connectivity index (χ2v) is 3.59. The van der Waals surface area contributed by atoms with E-state index in [1.54, 1.807) is 0 Å². The van der Waals surface area contributed by atoms with Gasteiger partial charge >= 0.3 is 0 Å². The Kier molecular flexibility index (Phi) is 2.23. The third kappa shape index (κ3) is 1.54. The van der Waals surface area contributed by atoms with Crippen molar-refractivity contribution in [3.05, 3.63) is 29.3 Å². The van der Waals surface area contributed by atoms with Crippen LogP contribution in [0.3, 0.4) is 0 Å². The number of hydrogen-bond donors (Lipinski definition) is 2. The van der Waals surface area contributed by atoms with Gasteiger partial charge in [-0.1, -0.05) is 18.2 Å². The minimum absolute atomic E-state index is 0.374. The molecule has 1 heterocycles. The summed E-state index contributed by atoms with van der Waals surface area (Å²) in [6.45, 7) is 2.84. The van der Waals surface area contributed by atoms with E-state index < -0.39 is 0 Å². The normalized spacial score (nSPS) is 17.4. The zero-order valence-corrected chi connectivity index (χ0v) is 7.88. The Morgan fingerprint density at radius 1 is 1.46 bits per heavy atom. The van der Waals surface area contributed by atoms with Gasteiger partial charge in [-0.3, -0.25) is 0 Å². The summed E-state index contributed by atoms with van der Waals surface area (Å²) in [5.41, 5.74) is 3.52. The molecule has 2 nitrogen and oxygen atoms in total. The molecule has 0 bridgehead atoms. The molecular formula is C11H15NO. The molecule has 0 spiro atoms. The van der Waals surface area contributed by atoms with Crippen molar-refractivity contribution in [3.63, 3.8) is 0 Å². The van der Waals surface area contributed by atoms with Crippen LogP contribution >= 0.6 is 0 Å². The lowest BCUT2D eigenvalue weighted by atomic mass is 9.97. The van der Waals surface area contributed by atoms with E-state index in [9.17, 15) is 5.11 Å². The minimum atomic E-state index is -0.374. The van der Waals surface area contributed by atoms with Gasteiger partial charge in [-0.2, -0.15) is 0 Å². The van der Waals surface area contributed by atoms with Gasteiger partial charge in [-0.25, -0.2) is 0 Å². The van der Waals surface area contributed by atoms with E-state index in [0.29, 0.717) is 0 Å². The SMILES string of the molecule is C[C@@H](O)c1cccc2c1NCCC2. The predicted octanol–water partition coefficient (Wildman–Crippen LogP) is 2.10. The lowest BCUT2D eigenvalue weighted by Crippen LogP contribution is -2.14. The van der Waals surface area contributed by atoms with Crippen LogP contribution in [-0.4, -0.2) is 11.7 Å². The smallest absolute Gasteiger partial charge is 0.0782 e. The summed E-state index contributed by atoms with van der Waals surface area (Å²) in [6, 6.07) is 6.14. The molecule has 1 aliphatic heterocycles. The summed E-state index contributed by atoms with van der Waals surface area (Å²) in [7, 11) is 0. The molecule has 0 aliphatic carbocycles. The predicted molar refractivity (Wildman–Crippen MR) is 53.9 cm³/mol. The van der Waals surface area contributed by atoms with Gasteiger partial charge in [0.15, 0.2) is 0 Å². The first-order valence-corrected chi connectivity index (χ1v) is 4.83. The van der Waals surface area contributed by atoms with Crippen LogP contribution in [-0.2, 0) is 6.42 Å². The van der Waals surface area contributed by atoms with Crippen LogP contribution in [0.5, 0.6) is 0 Å². The van der Waals surface area contributed by atoms with Crippen molar-refractivity contribution in [1.29, 1.82) is 0 Å². The van der Waals surface area contributed by atoms with Crippen LogP contribution < -0.4 is 5.32 Å². The Labute approximate surface area is 78.6 Å². The molecule has 1 atom stereocenters. The van der Waals surface area contributed by atoms with Crippen molar-refractivity contribution < 1.29 is 5.11 Å². The van der Waals surface area contributed by atoms with Crippen LogP contribution in [0.1, 0.15) is 30.6 Å². The number of nitrogens with one attached hydrogen (secondary N) is 1. The highest BCUT2D eigenvalue weighted by Gasteiger charge is 2.14. The largest absolute Gasteiger partial charge is 0.389 e. The van der Waals surface area contributed by atoms with E-state index in [0.717, 1.165) is 24.2 Å². The molecule has 2 heteroatoms. The van der Waals surface area contributed by atoms with Gasteiger partial charge < -0.3 is 10.4 Å². The topological polar surface area (TPSA) is 32.3 Å². The molecule has 0 radical (unpaired) electrons. The summed E-state index contributed by atoms with van der Waals surface area (Å²) >= 11 is 0. The number of hydrogen-bond acceptors (Lipinski definition) is 2. The van der Waals surface area contributed by atoms with Crippen molar-refractivity contribution in [1.82, 2.24) is 0 Å². The first kappa shape index (κ1) is 8.57. The van der Waals surface area contributed by atoms with Crippen molar-refractivity contribution >= 4 is 5.69 Å². The second kappa shape index (κ2) is 3.38. The average molecular weight is 177 g/mol. The maximum atomic E-state index is 9.54. The van der Waals surface area contributed by atoms with E-state index in [1.807, 2.05) is 19.1 Å².